The molecule has 2 aliphatic rings. The molecule has 0 saturated heterocycles. The van der Waals surface area contributed by atoms with Crippen molar-refractivity contribution in [3.8, 4) is 22.6 Å². The Morgan fingerprint density at radius 2 is 1.91 bits per heavy atom. The van der Waals surface area contributed by atoms with Crippen molar-refractivity contribution in [1.82, 2.24) is 29.0 Å². The van der Waals surface area contributed by atoms with Crippen LogP contribution in [-0.4, -0.2) is 41.9 Å². The lowest BCUT2D eigenvalue weighted by Gasteiger charge is -2.31. The highest BCUT2D eigenvalue weighted by atomic mass is 19.3. The van der Waals surface area contributed by atoms with Gasteiger partial charge in [-0.05, 0) is 31.9 Å². The normalized spacial score (nSPS) is 18.2. The number of hydrogen-bond acceptors (Lipinski definition) is 4. The average Bonchev–Trinajstić information content (AvgIpc) is 3.46. The van der Waals surface area contributed by atoms with Gasteiger partial charge in [0.1, 0.15) is 17.6 Å². The third-order valence-electron chi connectivity index (χ3n) is 6.81. The van der Waals surface area contributed by atoms with Crippen LogP contribution in [0.5, 0.6) is 0 Å². The number of alkyl halides is 2. The number of nitrogens with zero attached hydrogens (tertiary/aromatic N) is 6. The molecule has 1 aliphatic heterocycles. The summed E-state index contributed by atoms with van der Waals surface area (Å²) < 4.78 is 32.1. The van der Waals surface area contributed by atoms with Crippen LogP contribution in [0, 0.1) is 0 Å². The van der Waals surface area contributed by atoms with Crippen LogP contribution in [0.4, 0.5) is 8.78 Å². The quantitative estimate of drug-likeness (QED) is 0.435. The lowest BCUT2D eigenvalue weighted by Crippen LogP contribution is -2.39. The minimum atomic E-state index is -2.70. The van der Waals surface area contributed by atoms with Crippen LogP contribution in [0.2, 0.25) is 0 Å². The number of aromatic nitrogens is 5. The highest BCUT2D eigenvalue weighted by Gasteiger charge is 2.38. The molecule has 1 aromatic carbocycles. The Morgan fingerprint density at radius 1 is 1.12 bits per heavy atom. The predicted octanol–water partition coefficient (Wildman–Crippen LogP) is 4.85. The molecule has 0 unspecified atom stereocenters. The first-order chi connectivity index (χ1) is 16.3. The minimum Gasteiger partial charge on any atom is -0.340 e. The Morgan fingerprint density at radius 3 is 2.59 bits per heavy atom. The fourth-order valence-corrected chi connectivity index (χ4v) is 4.97. The number of benzene rings is 1. The molecule has 1 saturated carbocycles. The van der Waals surface area contributed by atoms with Gasteiger partial charge in [0.05, 0.1) is 35.5 Å². The number of carbonyl (C=O) groups excluding carboxylic acids is 1. The van der Waals surface area contributed by atoms with Gasteiger partial charge in [-0.25, -0.2) is 23.7 Å². The number of rotatable bonds is 4. The number of likely N-dealkylation sites (N-methyl/N-ethyl adjacent to an activating group) is 1. The first kappa shape index (κ1) is 20.9. The number of halogens is 2. The molecule has 7 nitrogen and oxygen atoms in total. The smallest absolute Gasteiger partial charge is 0.266 e. The molecule has 6 rings (SSSR count). The van der Waals surface area contributed by atoms with E-state index in [4.69, 9.17) is 4.98 Å². The number of amides is 1. The molecule has 0 radical (unpaired) electrons. The van der Waals surface area contributed by atoms with E-state index in [-0.39, 0.29) is 23.2 Å². The van der Waals surface area contributed by atoms with Crippen LogP contribution in [0.25, 0.3) is 33.5 Å². The first-order valence-electron chi connectivity index (χ1n) is 11.4. The van der Waals surface area contributed by atoms with Crippen molar-refractivity contribution in [3.05, 3.63) is 53.9 Å². The van der Waals surface area contributed by atoms with Gasteiger partial charge in [-0.15, -0.1) is 0 Å². The van der Waals surface area contributed by atoms with Crippen molar-refractivity contribution in [3.63, 3.8) is 0 Å². The van der Waals surface area contributed by atoms with E-state index in [1.807, 2.05) is 25.1 Å². The van der Waals surface area contributed by atoms with Crippen LogP contribution in [0.1, 0.15) is 55.2 Å². The topological polar surface area (TPSA) is 68.8 Å². The van der Waals surface area contributed by atoms with Crippen LogP contribution in [-0.2, 0) is 18.4 Å². The van der Waals surface area contributed by atoms with E-state index in [0.717, 1.165) is 35.6 Å². The summed E-state index contributed by atoms with van der Waals surface area (Å²) in [7, 11) is 3.58. The number of aryl methyl sites for hydroxylation is 1. The molecule has 0 bridgehead atoms. The van der Waals surface area contributed by atoms with Crippen LogP contribution >= 0.6 is 0 Å². The first-order valence-corrected chi connectivity index (χ1v) is 11.4. The van der Waals surface area contributed by atoms with Gasteiger partial charge in [0.2, 0.25) is 5.91 Å². The SMILES string of the molecule is C[C@H]1C(=O)N(C)Cc2c(-c3cccc4nc(-c5cn(C)cn5)c(C(F)F)cc34)nc(C3CC3)n21. The maximum atomic E-state index is 14.2. The van der Waals surface area contributed by atoms with Gasteiger partial charge < -0.3 is 14.0 Å². The van der Waals surface area contributed by atoms with Crippen molar-refractivity contribution in [2.24, 2.45) is 7.05 Å². The fraction of sp³-hybridized carbons (Fsp3) is 0.360. The van der Waals surface area contributed by atoms with Crippen molar-refractivity contribution in [1.29, 1.82) is 0 Å². The highest BCUT2D eigenvalue weighted by Crippen LogP contribution is 2.45. The molecular formula is C25H24F2N6O. The molecule has 174 valence electrons. The highest BCUT2D eigenvalue weighted by molar-refractivity contribution is 5.96. The fourth-order valence-electron chi connectivity index (χ4n) is 4.97. The van der Waals surface area contributed by atoms with Gasteiger partial charge in [0.15, 0.2) is 0 Å². The Bertz CT molecular complexity index is 1450. The van der Waals surface area contributed by atoms with Crippen LogP contribution in [0.3, 0.4) is 0 Å². The van der Waals surface area contributed by atoms with Crippen molar-refractivity contribution in [2.45, 2.75) is 44.7 Å². The lowest BCUT2D eigenvalue weighted by atomic mass is 9.99. The van der Waals surface area contributed by atoms with E-state index in [1.54, 1.807) is 36.1 Å². The minimum absolute atomic E-state index is 0.0536. The molecule has 1 amide bonds. The second kappa shape index (κ2) is 7.44. The molecule has 1 aliphatic carbocycles. The molecule has 4 aromatic rings. The molecule has 9 heteroatoms. The monoisotopic (exact) mass is 462 g/mol. The summed E-state index contributed by atoms with van der Waals surface area (Å²) >= 11 is 0. The summed E-state index contributed by atoms with van der Waals surface area (Å²) in [5.41, 5.74) is 3.48. The summed E-state index contributed by atoms with van der Waals surface area (Å²) in [6.07, 6.45) is 2.65. The Labute approximate surface area is 195 Å². The second-order valence-electron chi connectivity index (χ2n) is 9.30. The maximum absolute atomic E-state index is 14.2. The number of hydrogen-bond donors (Lipinski definition) is 0. The van der Waals surface area contributed by atoms with Crippen LogP contribution < -0.4 is 0 Å². The van der Waals surface area contributed by atoms with Gasteiger partial charge in [0, 0.05) is 42.7 Å². The van der Waals surface area contributed by atoms with Crippen molar-refractivity contribution < 1.29 is 13.6 Å². The Hall–Kier alpha value is -3.62. The average molecular weight is 463 g/mol. The van der Waals surface area contributed by atoms with Gasteiger partial charge in [-0.3, -0.25) is 4.79 Å². The zero-order valence-corrected chi connectivity index (χ0v) is 19.2. The number of fused-ring (bicyclic) bond motifs is 2. The number of imidazole rings is 2. The summed E-state index contributed by atoms with van der Waals surface area (Å²) in [4.78, 5) is 28.3. The summed E-state index contributed by atoms with van der Waals surface area (Å²) in [5, 5.41) is 0.618. The molecule has 1 atom stereocenters. The van der Waals surface area contributed by atoms with E-state index >= 15 is 0 Å². The molecule has 0 spiro atoms. The largest absolute Gasteiger partial charge is 0.340 e. The van der Waals surface area contributed by atoms with E-state index in [0.29, 0.717) is 29.1 Å². The molecule has 3 aromatic heterocycles. The molecule has 4 heterocycles. The van der Waals surface area contributed by atoms with Gasteiger partial charge >= 0.3 is 0 Å². The third-order valence-corrected chi connectivity index (χ3v) is 6.81. The Balaban J connectivity index is 1.59. The predicted molar refractivity (Wildman–Crippen MR) is 123 cm³/mol. The Kier molecular flexibility index (Phi) is 4.59. The van der Waals surface area contributed by atoms with Crippen molar-refractivity contribution in [2.75, 3.05) is 7.05 Å². The standard InChI is InChI=1S/C25H24F2N6O/c1-13-25(34)32(3)11-20-22(30-24(33(13)20)14-7-8-14)15-5-4-6-18-16(15)9-17(23(26)27)21(29-18)19-10-31(2)12-28-19/h4-6,9-10,12-14,23H,7-8,11H2,1-3H3/t13-/m0/s1. The maximum Gasteiger partial charge on any atom is 0.266 e. The zero-order chi connectivity index (χ0) is 23.7. The van der Waals surface area contributed by atoms with E-state index in [1.165, 1.54) is 6.07 Å². The van der Waals surface area contributed by atoms with Crippen molar-refractivity contribution >= 4 is 16.8 Å². The molecular weight excluding hydrogens is 438 g/mol. The summed E-state index contributed by atoms with van der Waals surface area (Å²) in [5.74, 6) is 1.31. The van der Waals surface area contributed by atoms with E-state index in [9.17, 15) is 13.6 Å². The molecule has 34 heavy (non-hydrogen) atoms. The number of carbonyl (C=O) groups is 1. The third kappa shape index (κ3) is 3.13. The summed E-state index contributed by atoms with van der Waals surface area (Å²) in [6.45, 7) is 2.33. The second-order valence-corrected chi connectivity index (χ2v) is 9.30. The lowest BCUT2D eigenvalue weighted by molar-refractivity contribution is -0.135. The molecule has 1 fully saturated rings. The molecule has 0 N–H and O–H groups in total. The van der Waals surface area contributed by atoms with Gasteiger partial charge in [-0.1, -0.05) is 12.1 Å². The van der Waals surface area contributed by atoms with Gasteiger partial charge in [-0.2, -0.15) is 0 Å². The van der Waals surface area contributed by atoms with Crippen LogP contribution in [0.15, 0.2) is 36.8 Å². The van der Waals surface area contributed by atoms with Gasteiger partial charge in [0.25, 0.3) is 6.43 Å². The summed E-state index contributed by atoms with van der Waals surface area (Å²) in [6, 6.07) is 6.78. The van der Waals surface area contributed by atoms with E-state index in [2.05, 4.69) is 14.5 Å². The zero-order valence-electron chi connectivity index (χ0n) is 19.2. The van der Waals surface area contributed by atoms with E-state index < -0.39 is 6.43 Å². The number of pyridine rings is 1.